The molecule has 4 rings (SSSR count). The van der Waals surface area contributed by atoms with E-state index in [0.29, 0.717) is 19.4 Å². The molecule has 2 aromatic heterocycles. The Hall–Kier alpha value is -3.68. The predicted octanol–water partition coefficient (Wildman–Crippen LogP) is 2.25. The van der Waals surface area contributed by atoms with E-state index in [9.17, 15) is 9.59 Å². The third-order valence-electron chi connectivity index (χ3n) is 5.25. The van der Waals surface area contributed by atoms with Crippen molar-refractivity contribution in [2.24, 2.45) is 0 Å². The van der Waals surface area contributed by atoms with E-state index in [-0.39, 0.29) is 12.1 Å². The van der Waals surface area contributed by atoms with E-state index in [1.54, 1.807) is 23.6 Å². The summed E-state index contributed by atoms with van der Waals surface area (Å²) in [5, 5.41) is 2.86. The van der Waals surface area contributed by atoms with Crippen molar-refractivity contribution in [3.63, 3.8) is 0 Å². The number of fused-ring (bicyclic) bond motifs is 1. The zero-order valence-electron chi connectivity index (χ0n) is 16.6. The first-order chi connectivity index (χ1) is 14.7. The van der Waals surface area contributed by atoms with Gasteiger partial charge in [-0.25, -0.2) is 14.6 Å². The van der Waals surface area contributed by atoms with E-state index in [1.165, 1.54) is 7.11 Å². The Morgan fingerprint density at radius 3 is 2.83 bits per heavy atom. The number of rotatable bonds is 5. The predicted molar refractivity (Wildman–Crippen MR) is 110 cm³/mol. The van der Waals surface area contributed by atoms with Crippen LogP contribution in [-0.2, 0) is 22.4 Å². The molecule has 2 N–H and O–H groups in total. The smallest absolute Gasteiger partial charge is 0.328 e. The van der Waals surface area contributed by atoms with Crippen LogP contribution in [0.1, 0.15) is 28.6 Å². The number of carbonyl (C=O) groups is 2. The van der Waals surface area contributed by atoms with Gasteiger partial charge in [0.2, 0.25) is 0 Å². The minimum atomic E-state index is -0.792. The van der Waals surface area contributed by atoms with Crippen LogP contribution in [0.3, 0.4) is 0 Å². The van der Waals surface area contributed by atoms with Crippen molar-refractivity contribution in [3.05, 3.63) is 83.7 Å². The lowest BCUT2D eigenvalue weighted by molar-refractivity contribution is -0.142. The molecular formula is C22H23N5O3. The third-order valence-corrected chi connectivity index (χ3v) is 5.25. The normalized spacial score (nSPS) is 16.4. The molecule has 1 aliphatic rings. The zero-order chi connectivity index (χ0) is 20.9. The molecule has 0 radical (unpaired) electrons. The standard InChI is InChI=1S/C22H23N5O3/c1-30-21(28)18(12-15-6-3-2-4-7-15)26-22(29)27-11-9-17-19(25-14-24-17)20(27)16-8-5-10-23-13-16/h2-8,10,13-14,18,20H,9,11-12H2,1H3,(H,24,25)(H,26,29). The Kier molecular flexibility index (Phi) is 5.74. The molecular weight excluding hydrogens is 382 g/mol. The first-order valence-corrected chi connectivity index (χ1v) is 9.78. The van der Waals surface area contributed by atoms with Gasteiger partial charge in [-0.2, -0.15) is 0 Å². The molecule has 1 aliphatic heterocycles. The quantitative estimate of drug-likeness (QED) is 0.634. The number of carbonyl (C=O) groups excluding carboxylic acids is 2. The van der Waals surface area contributed by atoms with Crippen molar-refractivity contribution in [3.8, 4) is 0 Å². The van der Waals surface area contributed by atoms with Crippen LogP contribution in [0.15, 0.2) is 61.2 Å². The summed E-state index contributed by atoms with van der Waals surface area (Å²) in [6.45, 7) is 0.486. The number of H-pyrrole nitrogens is 1. The van der Waals surface area contributed by atoms with Gasteiger partial charge in [-0.3, -0.25) is 4.98 Å². The highest BCUT2D eigenvalue weighted by atomic mass is 16.5. The van der Waals surface area contributed by atoms with Crippen LogP contribution in [0, 0.1) is 0 Å². The highest BCUT2D eigenvalue weighted by molar-refractivity contribution is 5.84. The van der Waals surface area contributed by atoms with Gasteiger partial charge in [0, 0.05) is 37.5 Å². The van der Waals surface area contributed by atoms with Gasteiger partial charge in [0.15, 0.2) is 0 Å². The number of ether oxygens (including phenoxy) is 1. The van der Waals surface area contributed by atoms with Crippen LogP contribution in [0.5, 0.6) is 0 Å². The monoisotopic (exact) mass is 405 g/mol. The number of hydrogen-bond donors (Lipinski definition) is 2. The maximum atomic E-state index is 13.3. The number of nitrogens with one attached hydrogen (secondary N) is 2. The van der Waals surface area contributed by atoms with E-state index < -0.39 is 12.0 Å². The fourth-order valence-electron chi connectivity index (χ4n) is 3.79. The van der Waals surface area contributed by atoms with Crippen LogP contribution in [0.4, 0.5) is 4.79 Å². The number of esters is 1. The number of urea groups is 1. The van der Waals surface area contributed by atoms with Gasteiger partial charge in [-0.15, -0.1) is 0 Å². The molecule has 0 fully saturated rings. The summed E-state index contributed by atoms with van der Waals surface area (Å²) in [7, 11) is 1.32. The van der Waals surface area contributed by atoms with Crippen molar-refractivity contribution in [2.75, 3.05) is 13.7 Å². The highest BCUT2D eigenvalue weighted by Gasteiger charge is 2.35. The molecule has 30 heavy (non-hydrogen) atoms. The number of imidazole rings is 1. The van der Waals surface area contributed by atoms with Gasteiger partial charge >= 0.3 is 12.0 Å². The summed E-state index contributed by atoms with van der Waals surface area (Å²) in [5.41, 5.74) is 3.59. The van der Waals surface area contributed by atoms with Gasteiger partial charge in [0.1, 0.15) is 12.1 Å². The molecule has 0 aliphatic carbocycles. The van der Waals surface area contributed by atoms with Crippen LogP contribution < -0.4 is 5.32 Å². The molecule has 154 valence electrons. The molecule has 2 unspecified atom stereocenters. The second kappa shape index (κ2) is 8.77. The molecule has 0 spiro atoms. The molecule has 8 heteroatoms. The number of methoxy groups -OCH3 is 1. The summed E-state index contributed by atoms with van der Waals surface area (Å²) in [4.78, 5) is 39.1. The van der Waals surface area contributed by atoms with Gasteiger partial charge in [0.25, 0.3) is 0 Å². The Bertz CT molecular complexity index is 1010. The van der Waals surface area contributed by atoms with Crippen molar-refractivity contribution < 1.29 is 14.3 Å². The molecule has 1 aromatic carbocycles. The van der Waals surface area contributed by atoms with E-state index in [0.717, 1.165) is 22.5 Å². The Morgan fingerprint density at radius 2 is 2.10 bits per heavy atom. The van der Waals surface area contributed by atoms with Crippen LogP contribution in [0.2, 0.25) is 0 Å². The summed E-state index contributed by atoms with van der Waals surface area (Å²) in [5.74, 6) is -0.484. The van der Waals surface area contributed by atoms with Crippen LogP contribution in [-0.4, -0.2) is 51.5 Å². The average molecular weight is 405 g/mol. The zero-order valence-corrected chi connectivity index (χ0v) is 16.6. The van der Waals surface area contributed by atoms with E-state index in [2.05, 4.69) is 20.3 Å². The van der Waals surface area contributed by atoms with E-state index >= 15 is 0 Å². The number of hydrogen-bond acceptors (Lipinski definition) is 5. The second-order valence-electron chi connectivity index (χ2n) is 7.11. The lowest BCUT2D eigenvalue weighted by Gasteiger charge is -2.35. The summed E-state index contributed by atoms with van der Waals surface area (Å²) in [6.07, 6.45) is 6.06. The average Bonchev–Trinajstić information content (AvgIpc) is 3.27. The van der Waals surface area contributed by atoms with Gasteiger partial charge in [0.05, 0.1) is 19.1 Å². The highest BCUT2D eigenvalue weighted by Crippen LogP contribution is 2.32. The van der Waals surface area contributed by atoms with Gasteiger partial charge in [-0.05, 0) is 17.2 Å². The fourth-order valence-corrected chi connectivity index (χ4v) is 3.79. The number of nitrogens with zero attached hydrogens (tertiary/aromatic N) is 3. The van der Waals surface area contributed by atoms with Crippen LogP contribution >= 0.6 is 0 Å². The van der Waals surface area contributed by atoms with Crippen molar-refractivity contribution in [2.45, 2.75) is 24.9 Å². The summed E-state index contributed by atoms with van der Waals surface area (Å²) >= 11 is 0. The number of aromatic amines is 1. The number of amides is 2. The first kappa shape index (κ1) is 19.6. The van der Waals surface area contributed by atoms with E-state index in [1.807, 2.05) is 42.5 Å². The van der Waals surface area contributed by atoms with Gasteiger partial charge in [-0.1, -0.05) is 36.4 Å². The second-order valence-corrected chi connectivity index (χ2v) is 7.11. The van der Waals surface area contributed by atoms with E-state index in [4.69, 9.17) is 4.74 Å². The number of pyridine rings is 1. The lowest BCUT2D eigenvalue weighted by Crippen LogP contribution is -2.52. The molecule has 0 saturated heterocycles. The molecule has 3 heterocycles. The van der Waals surface area contributed by atoms with Crippen molar-refractivity contribution >= 4 is 12.0 Å². The largest absolute Gasteiger partial charge is 0.467 e. The Morgan fingerprint density at radius 1 is 1.27 bits per heavy atom. The topological polar surface area (TPSA) is 100 Å². The molecule has 3 aromatic rings. The van der Waals surface area contributed by atoms with Gasteiger partial charge < -0.3 is 19.9 Å². The maximum Gasteiger partial charge on any atom is 0.328 e. The Balaban J connectivity index is 1.59. The summed E-state index contributed by atoms with van der Waals surface area (Å²) < 4.78 is 4.93. The van der Waals surface area contributed by atoms with Crippen molar-refractivity contribution in [1.29, 1.82) is 0 Å². The SMILES string of the molecule is COC(=O)C(Cc1ccccc1)NC(=O)N1CCc2[nH]cnc2C1c1cccnc1. The molecule has 2 amide bonds. The van der Waals surface area contributed by atoms with Crippen molar-refractivity contribution in [1.82, 2.24) is 25.2 Å². The maximum absolute atomic E-state index is 13.3. The minimum absolute atomic E-state index is 0.344. The molecule has 0 saturated carbocycles. The molecule has 8 nitrogen and oxygen atoms in total. The number of aromatic nitrogens is 3. The molecule has 2 atom stereocenters. The number of benzene rings is 1. The Labute approximate surface area is 174 Å². The minimum Gasteiger partial charge on any atom is -0.467 e. The third kappa shape index (κ3) is 4.03. The lowest BCUT2D eigenvalue weighted by atomic mass is 9.97. The summed E-state index contributed by atoms with van der Waals surface area (Å²) in [6, 6.07) is 11.8. The first-order valence-electron chi connectivity index (χ1n) is 9.78. The molecule has 0 bridgehead atoms. The van der Waals surface area contributed by atoms with Crippen LogP contribution in [0.25, 0.3) is 0 Å². The fraction of sp³-hybridized carbons (Fsp3) is 0.273.